The second kappa shape index (κ2) is 7.12. The number of nitrogens with zero attached hydrogens (tertiary/aromatic N) is 1. The summed E-state index contributed by atoms with van der Waals surface area (Å²) in [5.74, 6) is -0.936. The lowest BCUT2D eigenvalue weighted by Gasteiger charge is -2.35. The van der Waals surface area contributed by atoms with E-state index in [0.717, 1.165) is 35.4 Å². The number of ether oxygens (including phenoxy) is 1. The Kier molecular flexibility index (Phi) is 4.93. The van der Waals surface area contributed by atoms with Crippen molar-refractivity contribution in [3.8, 4) is 0 Å². The number of carbonyl (C=O) groups is 2. The molecule has 0 saturated heterocycles. The fourth-order valence-electron chi connectivity index (χ4n) is 3.74. The van der Waals surface area contributed by atoms with Crippen LogP contribution in [-0.4, -0.2) is 24.1 Å². The molecule has 4 nitrogen and oxygen atoms in total. The average molecular weight is 325 g/mol. The van der Waals surface area contributed by atoms with Crippen molar-refractivity contribution in [3.63, 3.8) is 0 Å². The van der Waals surface area contributed by atoms with E-state index in [4.69, 9.17) is 9.73 Å². The van der Waals surface area contributed by atoms with Crippen LogP contribution in [0.1, 0.15) is 51.0 Å². The maximum absolute atomic E-state index is 12.7. The minimum absolute atomic E-state index is 0.123. The largest absolute Gasteiger partial charge is 0.465 e. The average Bonchev–Trinajstić information content (AvgIpc) is 2.61. The summed E-state index contributed by atoms with van der Waals surface area (Å²) in [6, 6.07) is 9.81. The van der Waals surface area contributed by atoms with Gasteiger partial charge in [-0.1, -0.05) is 37.3 Å². The molecular weight excluding hydrogens is 302 g/mol. The number of hydrogen-bond acceptors (Lipinski definition) is 4. The molecule has 1 aromatic rings. The first-order valence-electron chi connectivity index (χ1n) is 8.72. The normalized spacial score (nSPS) is 23.6. The second-order valence-corrected chi connectivity index (χ2v) is 6.21. The zero-order chi connectivity index (χ0) is 17.1. The number of carbonyl (C=O) groups excluding carboxylic acids is 2. The molecule has 1 unspecified atom stereocenters. The van der Waals surface area contributed by atoms with Crippen LogP contribution in [0, 0.1) is 5.92 Å². The lowest BCUT2D eigenvalue weighted by atomic mass is 9.71. The summed E-state index contributed by atoms with van der Waals surface area (Å²) >= 11 is 0. The SMILES string of the molecule is CCOC(=O)C1C(CC)=NC2=C(C(=O)CCC2)[C@@H]1c1ccccc1. The molecule has 2 aliphatic rings. The summed E-state index contributed by atoms with van der Waals surface area (Å²) in [6.07, 6.45) is 2.86. The van der Waals surface area contributed by atoms with Gasteiger partial charge in [0.1, 0.15) is 5.92 Å². The maximum Gasteiger partial charge on any atom is 0.315 e. The molecule has 0 saturated carbocycles. The highest BCUT2D eigenvalue weighted by Crippen LogP contribution is 2.43. The van der Waals surface area contributed by atoms with Crippen molar-refractivity contribution in [2.45, 2.75) is 45.4 Å². The van der Waals surface area contributed by atoms with Gasteiger partial charge in [-0.15, -0.1) is 0 Å². The molecule has 0 radical (unpaired) electrons. The second-order valence-electron chi connectivity index (χ2n) is 6.21. The van der Waals surface area contributed by atoms with E-state index in [9.17, 15) is 9.59 Å². The van der Waals surface area contributed by atoms with Gasteiger partial charge in [0.15, 0.2) is 5.78 Å². The first kappa shape index (κ1) is 16.6. The fourth-order valence-corrected chi connectivity index (χ4v) is 3.74. The first-order chi connectivity index (χ1) is 11.7. The van der Waals surface area contributed by atoms with Crippen LogP contribution in [-0.2, 0) is 14.3 Å². The van der Waals surface area contributed by atoms with Crippen LogP contribution in [0.5, 0.6) is 0 Å². The van der Waals surface area contributed by atoms with E-state index in [0.29, 0.717) is 19.4 Å². The van der Waals surface area contributed by atoms with Crippen LogP contribution >= 0.6 is 0 Å². The molecule has 0 bridgehead atoms. The third-order valence-electron chi connectivity index (χ3n) is 4.77. The van der Waals surface area contributed by atoms with Gasteiger partial charge in [-0.05, 0) is 31.7 Å². The number of hydrogen-bond donors (Lipinski definition) is 0. The lowest BCUT2D eigenvalue weighted by molar-refractivity contribution is -0.146. The number of benzene rings is 1. The Morgan fingerprint density at radius 1 is 1.21 bits per heavy atom. The van der Waals surface area contributed by atoms with Crippen molar-refractivity contribution >= 4 is 17.5 Å². The van der Waals surface area contributed by atoms with Gasteiger partial charge in [0.2, 0.25) is 0 Å². The van der Waals surface area contributed by atoms with Crippen LogP contribution in [0.25, 0.3) is 0 Å². The van der Waals surface area contributed by atoms with Crippen LogP contribution in [0.4, 0.5) is 0 Å². The van der Waals surface area contributed by atoms with E-state index in [1.807, 2.05) is 37.3 Å². The summed E-state index contributed by atoms with van der Waals surface area (Å²) in [6.45, 7) is 4.13. The van der Waals surface area contributed by atoms with Gasteiger partial charge in [-0.3, -0.25) is 14.6 Å². The molecule has 4 heteroatoms. The molecule has 1 heterocycles. The zero-order valence-electron chi connectivity index (χ0n) is 14.2. The molecule has 0 amide bonds. The smallest absolute Gasteiger partial charge is 0.315 e. The van der Waals surface area contributed by atoms with Crippen molar-refractivity contribution in [1.29, 1.82) is 0 Å². The Morgan fingerprint density at radius 3 is 2.62 bits per heavy atom. The van der Waals surface area contributed by atoms with E-state index in [1.54, 1.807) is 6.92 Å². The zero-order valence-corrected chi connectivity index (χ0v) is 14.2. The quantitative estimate of drug-likeness (QED) is 0.791. The topological polar surface area (TPSA) is 55.7 Å². The Labute approximate surface area is 142 Å². The minimum atomic E-state index is -0.502. The summed E-state index contributed by atoms with van der Waals surface area (Å²) < 4.78 is 5.33. The highest BCUT2D eigenvalue weighted by atomic mass is 16.5. The standard InChI is InChI=1S/C20H23NO3/c1-3-14-19(20(23)24-4-2)17(13-9-6-5-7-10-13)18-15(21-14)11-8-12-16(18)22/h5-7,9-10,17,19H,3-4,8,11-12H2,1-2H3/t17-,19?/m0/s1. The molecule has 1 aliphatic carbocycles. The maximum atomic E-state index is 12.7. The van der Waals surface area contributed by atoms with Crippen LogP contribution < -0.4 is 0 Å². The first-order valence-corrected chi connectivity index (χ1v) is 8.72. The van der Waals surface area contributed by atoms with Crippen LogP contribution in [0.3, 0.4) is 0 Å². The monoisotopic (exact) mass is 325 g/mol. The number of esters is 1. The molecule has 1 aromatic carbocycles. The predicted molar refractivity (Wildman–Crippen MR) is 92.9 cm³/mol. The molecule has 24 heavy (non-hydrogen) atoms. The van der Waals surface area contributed by atoms with Gasteiger partial charge in [0.25, 0.3) is 0 Å². The van der Waals surface area contributed by atoms with E-state index < -0.39 is 5.92 Å². The number of rotatable bonds is 4. The number of ketones is 1. The van der Waals surface area contributed by atoms with Crippen molar-refractivity contribution in [3.05, 3.63) is 47.2 Å². The van der Waals surface area contributed by atoms with Crippen molar-refractivity contribution in [1.82, 2.24) is 0 Å². The molecule has 0 N–H and O–H groups in total. The molecule has 2 atom stereocenters. The van der Waals surface area contributed by atoms with E-state index in [2.05, 4.69) is 0 Å². The van der Waals surface area contributed by atoms with Crippen molar-refractivity contribution < 1.29 is 14.3 Å². The minimum Gasteiger partial charge on any atom is -0.465 e. The van der Waals surface area contributed by atoms with Crippen LogP contribution in [0.15, 0.2) is 46.6 Å². The van der Waals surface area contributed by atoms with E-state index in [-0.39, 0.29) is 17.7 Å². The molecule has 0 aromatic heterocycles. The summed E-state index contributed by atoms with van der Waals surface area (Å²) in [7, 11) is 0. The third-order valence-corrected chi connectivity index (χ3v) is 4.77. The summed E-state index contributed by atoms with van der Waals surface area (Å²) in [4.78, 5) is 30.1. The molecule has 1 aliphatic heterocycles. The fraction of sp³-hybridized carbons (Fsp3) is 0.450. The highest BCUT2D eigenvalue weighted by molar-refractivity contribution is 6.09. The van der Waals surface area contributed by atoms with Gasteiger partial charge in [0.05, 0.1) is 6.61 Å². The van der Waals surface area contributed by atoms with Gasteiger partial charge in [-0.2, -0.15) is 0 Å². The molecule has 0 fully saturated rings. The van der Waals surface area contributed by atoms with E-state index >= 15 is 0 Å². The van der Waals surface area contributed by atoms with Crippen LogP contribution in [0.2, 0.25) is 0 Å². The Hall–Kier alpha value is -2.23. The Morgan fingerprint density at radius 2 is 1.96 bits per heavy atom. The molecule has 126 valence electrons. The highest BCUT2D eigenvalue weighted by Gasteiger charge is 2.43. The third kappa shape index (κ3) is 2.93. The summed E-state index contributed by atoms with van der Waals surface area (Å²) in [5, 5.41) is 0. The van der Waals surface area contributed by atoms with Crippen molar-refractivity contribution in [2.75, 3.05) is 6.61 Å². The van der Waals surface area contributed by atoms with Gasteiger partial charge in [-0.25, -0.2) is 0 Å². The van der Waals surface area contributed by atoms with E-state index in [1.165, 1.54) is 0 Å². The Bertz CT molecular complexity index is 703. The van der Waals surface area contributed by atoms with Gasteiger partial charge in [0, 0.05) is 29.3 Å². The number of Topliss-reactive ketones (excluding diaryl/α,β-unsaturated/α-hetero) is 1. The molecular formula is C20H23NO3. The number of aliphatic imine (C=N–C) groups is 1. The number of allylic oxidation sites excluding steroid dienone is 2. The predicted octanol–water partition coefficient (Wildman–Crippen LogP) is 3.82. The van der Waals surface area contributed by atoms with Crippen molar-refractivity contribution in [2.24, 2.45) is 10.9 Å². The lowest BCUT2D eigenvalue weighted by Crippen LogP contribution is -2.38. The van der Waals surface area contributed by atoms with Gasteiger partial charge < -0.3 is 4.74 Å². The Balaban J connectivity index is 2.16. The van der Waals surface area contributed by atoms with Gasteiger partial charge >= 0.3 is 5.97 Å². The molecule has 3 rings (SSSR count). The summed E-state index contributed by atoms with van der Waals surface area (Å²) in [5.41, 5.74) is 3.41. The molecule has 0 spiro atoms.